The van der Waals surface area contributed by atoms with Crippen LogP contribution in [0.25, 0.3) is 11.0 Å². The zero-order valence-electron chi connectivity index (χ0n) is 18.2. The Bertz CT molecular complexity index is 995. The molecule has 3 heterocycles. The highest BCUT2D eigenvalue weighted by atomic mass is 79.9. The van der Waals surface area contributed by atoms with Gasteiger partial charge in [-0.15, -0.1) is 0 Å². The quantitative estimate of drug-likeness (QED) is 0.500. The van der Waals surface area contributed by atoms with E-state index in [1.165, 1.54) is 0 Å². The van der Waals surface area contributed by atoms with Crippen LogP contribution in [0.4, 0.5) is 16.2 Å². The first-order chi connectivity index (χ1) is 14.6. The summed E-state index contributed by atoms with van der Waals surface area (Å²) in [5.74, 6) is 0.523. The van der Waals surface area contributed by atoms with Crippen LogP contribution in [0.1, 0.15) is 46.5 Å². The van der Waals surface area contributed by atoms with Gasteiger partial charge in [-0.1, -0.05) is 20.8 Å². The van der Waals surface area contributed by atoms with Crippen LogP contribution >= 0.6 is 15.9 Å². The second-order valence-electron chi connectivity index (χ2n) is 9.82. The number of hydrogen-bond donors (Lipinski definition) is 4. The van der Waals surface area contributed by atoms with Gasteiger partial charge in [0.05, 0.1) is 21.2 Å². The van der Waals surface area contributed by atoms with Crippen LogP contribution in [0.3, 0.4) is 0 Å². The fourth-order valence-electron chi connectivity index (χ4n) is 4.52. The van der Waals surface area contributed by atoms with Crippen molar-refractivity contribution in [2.24, 2.45) is 17.3 Å². The van der Waals surface area contributed by atoms with E-state index in [1.807, 2.05) is 0 Å². The number of carbonyl (C=O) groups excluding carboxylic acids is 1. The molecule has 0 aromatic carbocycles. The predicted molar refractivity (Wildman–Crippen MR) is 124 cm³/mol. The molecule has 2 unspecified atom stereocenters. The van der Waals surface area contributed by atoms with Crippen molar-refractivity contribution in [3.8, 4) is 0 Å². The van der Waals surface area contributed by atoms with Gasteiger partial charge in [0, 0.05) is 37.4 Å². The minimum atomic E-state index is -1.00. The number of aromatic amines is 1. The van der Waals surface area contributed by atoms with Gasteiger partial charge in [0.15, 0.2) is 0 Å². The van der Waals surface area contributed by atoms with Gasteiger partial charge in [-0.3, -0.25) is 4.79 Å². The van der Waals surface area contributed by atoms with Gasteiger partial charge < -0.3 is 25.6 Å². The first kappa shape index (κ1) is 21.9. The molecule has 1 saturated heterocycles. The Morgan fingerprint density at radius 1 is 1.29 bits per heavy atom. The molecule has 0 radical (unpaired) electrons. The van der Waals surface area contributed by atoms with Crippen LogP contribution in [-0.4, -0.2) is 46.2 Å². The van der Waals surface area contributed by atoms with Gasteiger partial charge in [0.1, 0.15) is 5.65 Å². The van der Waals surface area contributed by atoms with Crippen molar-refractivity contribution in [2.75, 3.05) is 23.3 Å². The summed E-state index contributed by atoms with van der Waals surface area (Å²) in [7, 11) is 0. The maximum absolute atomic E-state index is 12.4. The molecule has 168 valence electrons. The van der Waals surface area contributed by atoms with E-state index >= 15 is 0 Å². The Morgan fingerprint density at radius 2 is 2.03 bits per heavy atom. The zero-order valence-corrected chi connectivity index (χ0v) is 19.8. The molecule has 8 nitrogen and oxygen atoms in total. The highest BCUT2D eigenvalue weighted by Crippen LogP contribution is 2.42. The Morgan fingerprint density at radius 3 is 2.68 bits per heavy atom. The SMILES string of the molecule is CC(C)(C)C1CCN(c2c(Br)cnc3[nH]cc(NC(=O)C4CC4)c23)CC(NC(=O)O)C1. The van der Waals surface area contributed by atoms with Crippen molar-refractivity contribution in [3.05, 3.63) is 16.9 Å². The van der Waals surface area contributed by atoms with Crippen molar-refractivity contribution in [1.29, 1.82) is 0 Å². The molecule has 2 atom stereocenters. The zero-order chi connectivity index (χ0) is 22.3. The van der Waals surface area contributed by atoms with Crippen LogP contribution in [0, 0.1) is 17.3 Å². The van der Waals surface area contributed by atoms with Crippen LogP contribution in [-0.2, 0) is 4.79 Å². The number of carbonyl (C=O) groups is 2. The van der Waals surface area contributed by atoms with Crippen molar-refractivity contribution >= 4 is 50.3 Å². The normalized spacial score (nSPS) is 22.3. The number of pyridine rings is 1. The number of aromatic nitrogens is 2. The van der Waals surface area contributed by atoms with E-state index in [4.69, 9.17) is 0 Å². The molecule has 1 aliphatic heterocycles. The third-order valence-corrected chi connectivity index (χ3v) is 7.04. The lowest BCUT2D eigenvalue weighted by molar-refractivity contribution is -0.117. The second-order valence-corrected chi connectivity index (χ2v) is 10.7. The number of halogens is 1. The number of rotatable bonds is 4. The smallest absolute Gasteiger partial charge is 0.404 e. The van der Waals surface area contributed by atoms with E-state index in [-0.39, 0.29) is 23.3 Å². The fraction of sp³-hybridized carbons (Fsp3) is 0.591. The fourth-order valence-corrected chi connectivity index (χ4v) is 5.07. The molecule has 4 rings (SSSR count). The third kappa shape index (κ3) is 4.81. The molecule has 4 N–H and O–H groups in total. The summed E-state index contributed by atoms with van der Waals surface area (Å²) >= 11 is 3.66. The summed E-state index contributed by atoms with van der Waals surface area (Å²) in [5, 5.41) is 16.0. The van der Waals surface area contributed by atoms with E-state index in [2.05, 4.69) is 62.2 Å². The monoisotopic (exact) mass is 491 g/mol. The van der Waals surface area contributed by atoms with Crippen LogP contribution < -0.4 is 15.5 Å². The first-order valence-electron chi connectivity index (χ1n) is 10.8. The topological polar surface area (TPSA) is 110 Å². The number of H-pyrrole nitrogens is 1. The van der Waals surface area contributed by atoms with Crippen molar-refractivity contribution in [3.63, 3.8) is 0 Å². The molecule has 2 amide bonds. The lowest BCUT2D eigenvalue weighted by Crippen LogP contribution is -2.43. The largest absolute Gasteiger partial charge is 0.465 e. The maximum Gasteiger partial charge on any atom is 0.404 e. The minimum Gasteiger partial charge on any atom is -0.465 e. The van der Waals surface area contributed by atoms with E-state index < -0.39 is 6.09 Å². The van der Waals surface area contributed by atoms with Gasteiger partial charge in [-0.25, -0.2) is 9.78 Å². The third-order valence-electron chi connectivity index (χ3n) is 6.46. The van der Waals surface area contributed by atoms with Gasteiger partial charge >= 0.3 is 6.09 Å². The molecular formula is C22H30BrN5O3. The number of fused-ring (bicyclic) bond motifs is 1. The molecule has 2 aromatic rings. The Kier molecular flexibility index (Phi) is 5.89. The van der Waals surface area contributed by atoms with Gasteiger partial charge in [-0.2, -0.15) is 0 Å². The number of anilines is 2. The summed E-state index contributed by atoms with van der Waals surface area (Å²) in [6, 6.07) is -0.192. The Balaban J connectivity index is 1.71. The molecule has 2 aliphatic rings. The lowest BCUT2D eigenvalue weighted by Gasteiger charge is -2.31. The van der Waals surface area contributed by atoms with E-state index in [9.17, 15) is 14.7 Å². The molecule has 1 aliphatic carbocycles. The molecule has 9 heteroatoms. The Labute approximate surface area is 190 Å². The summed E-state index contributed by atoms with van der Waals surface area (Å²) < 4.78 is 0.824. The molecule has 0 bridgehead atoms. The maximum atomic E-state index is 12.4. The lowest BCUT2D eigenvalue weighted by atomic mass is 9.76. The molecule has 2 fully saturated rings. The highest BCUT2D eigenvalue weighted by molar-refractivity contribution is 9.10. The standard InChI is InChI=1S/C22H30BrN5O3/c1-22(2,3)13-6-7-28(11-14(8-13)26-21(30)31)18-15(23)9-24-19-17(18)16(10-25-19)27-20(29)12-4-5-12/h9-10,12-14,26H,4-8,11H2,1-3H3,(H,24,25)(H,27,29)(H,30,31). The average Bonchev–Trinajstić information content (AvgIpc) is 3.47. The van der Waals surface area contributed by atoms with Crippen molar-refractivity contribution < 1.29 is 14.7 Å². The van der Waals surface area contributed by atoms with E-state index in [0.29, 0.717) is 18.1 Å². The molecule has 1 saturated carbocycles. The average molecular weight is 492 g/mol. The first-order valence-corrected chi connectivity index (χ1v) is 11.6. The van der Waals surface area contributed by atoms with Crippen LogP contribution in [0.15, 0.2) is 16.9 Å². The summed E-state index contributed by atoms with van der Waals surface area (Å²) in [6.07, 6.45) is 6.15. The summed E-state index contributed by atoms with van der Waals surface area (Å²) in [5.41, 5.74) is 2.43. The Hall–Kier alpha value is -2.29. The van der Waals surface area contributed by atoms with Crippen molar-refractivity contribution in [1.82, 2.24) is 15.3 Å². The second kappa shape index (κ2) is 8.33. The number of nitrogens with zero attached hydrogens (tertiary/aromatic N) is 2. The van der Waals surface area contributed by atoms with Crippen molar-refractivity contribution in [2.45, 2.75) is 52.5 Å². The number of amides is 2. The summed E-state index contributed by atoms with van der Waals surface area (Å²) in [4.78, 5) is 33.8. The number of nitrogens with one attached hydrogen (secondary N) is 3. The van der Waals surface area contributed by atoms with Gasteiger partial charge in [0.25, 0.3) is 0 Å². The van der Waals surface area contributed by atoms with E-state index in [1.54, 1.807) is 12.4 Å². The van der Waals surface area contributed by atoms with Gasteiger partial charge in [0.2, 0.25) is 5.91 Å². The van der Waals surface area contributed by atoms with Crippen LogP contribution in [0.5, 0.6) is 0 Å². The molecular weight excluding hydrogens is 462 g/mol. The van der Waals surface area contributed by atoms with Crippen LogP contribution in [0.2, 0.25) is 0 Å². The number of carboxylic acid groups (broad SMARTS) is 1. The van der Waals surface area contributed by atoms with E-state index in [0.717, 1.165) is 53.5 Å². The minimum absolute atomic E-state index is 0.0425. The molecule has 0 spiro atoms. The molecule has 2 aromatic heterocycles. The summed E-state index contributed by atoms with van der Waals surface area (Å²) in [6.45, 7) is 7.98. The van der Waals surface area contributed by atoms with Gasteiger partial charge in [-0.05, 0) is 52.9 Å². The highest BCUT2D eigenvalue weighted by Gasteiger charge is 2.34. The number of hydrogen-bond acceptors (Lipinski definition) is 4. The molecule has 31 heavy (non-hydrogen) atoms. The predicted octanol–water partition coefficient (Wildman–Crippen LogP) is 4.57.